The molecule has 5 heterocycles. The summed E-state index contributed by atoms with van der Waals surface area (Å²) in [6.07, 6.45) is 11.3. The Hall–Kier alpha value is -3.28. The monoisotopic (exact) mass is 426 g/mol. The Morgan fingerprint density at radius 2 is 1.81 bits per heavy atom. The molecule has 6 heteroatoms. The van der Waals surface area contributed by atoms with Crippen LogP contribution in [0.2, 0.25) is 0 Å². The number of fused-ring (bicyclic) bond motifs is 1. The number of nitrogens with zero attached hydrogens (tertiary/aromatic N) is 6. The summed E-state index contributed by atoms with van der Waals surface area (Å²) < 4.78 is 2.03. The molecule has 0 saturated carbocycles. The second kappa shape index (κ2) is 8.34. The second-order valence-electron chi connectivity index (χ2n) is 9.56. The van der Waals surface area contributed by atoms with Crippen LogP contribution in [0.25, 0.3) is 5.65 Å². The van der Waals surface area contributed by atoms with E-state index in [1.54, 1.807) is 0 Å². The topological polar surface area (TPSA) is 59.2 Å². The number of pyridine rings is 2. The van der Waals surface area contributed by atoms with E-state index in [0.29, 0.717) is 11.8 Å². The Labute approximate surface area is 189 Å². The van der Waals surface area contributed by atoms with Crippen LogP contribution in [0.1, 0.15) is 55.5 Å². The predicted octanol–water partition coefficient (Wildman–Crippen LogP) is 4.50. The first-order chi connectivity index (χ1) is 15.5. The lowest BCUT2D eigenvalue weighted by atomic mass is 9.93. The van der Waals surface area contributed by atoms with Gasteiger partial charge in [0.2, 0.25) is 0 Å². The smallest absolute Gasteiger partial charge is 0.136 e. The molecule has 164 valence electrons. The molecule has 1 aliphatic heterocycles. The van der Waals surface area contributed by atoms with Crippen molar-refractivity contribution in [3.05, 3.63) is 83.5 Å². The highest BCUT2D eigenvalue weighted by Crippen LogP contribution is 2.32. The van der Waals surface area contributed by atoms with Gasteiger partial charge in [0.15, 0.2) is 0 Å². The number of anilines is 1. The van der Waals surface area contributed by atoms with Gasteiger partial charge in [0.05, 0.1) is 12.1 Å². The molecular formula is C26H30N6. The van der Waals surface area contributed by atoms with Gasteiger partial charge in [0, 0.05) is 56.1 Å². The van der Waals surface area contributed by atoms with Crippen molar-refractivity contribution >= 4 is 11.5 Å². The minimum Gasteiger partial charge on any atom is -0.356 e. The molecule has 0 aromatic carbocycles. The summed E-state index contributed by atoms with van der Waals surface area (Å²) in [6.45, 7) is 8.88. The van der Waals surface area contributed by atoms with Crippen LogP contribution < -0.4 is 4.90 Å². The van der Waals surface area contributed by atoms with Crippen LogP contribution in [-0.2, 0) is 19.3 Å². The van der Waals surface area contributed by atoms with E-state index in [9.17, 15) is 0 Å². The van der Waals surface area contributed by atoms with Crippen molar-refractivity contribution in [1.29, 1.82) is 0 Å². The third-order valence-corrected chi connectivity index (χ3v) is 6.29. The van der Waals surface area contributed by atoms with Crippen LogP contribution in [0.5, 0.6) is 0 Å². The Morgan fingerprint density at radius 1 is 0.906 bits per heavy atom. The maximum Gasteiger partial charge on any atom is 0.136 e. The van der Waals surface area contributed by atoms with Gasteiger partial charge < -0.3 is 9.30 Å². The molecule has 0 unspecified atom stereocenters. The van der Waals surface area contributed by atoms with E-state index >= 15 is 0 Å². The lowest BCUT2D eigenvalue weighted by molar-refractivity contribution is 0.418. The summed E-state index contributed by atoms with van der Waals surface area (Å²) in [4.78, 5) is 21.3. The van der Waals surface area contributed by atoms with Gasteiger partial charge in [0.1, 0.15) is 17.3 Å². The average molecular weight is 427 g/mol. The third kappa shape index (κ3) is 4.49. The summed E-state index contributed by atoms with van der Waals surface area (Å²) in [5.74, 6) is 1.87. The van der Waals surface area contributed by atoms with E-state index in [4.69, 9.17) is 9.97 Å². The number of aryl methyl sites for hydroxylation is 1. The zero-order valence-electron chi connectivity index (χ0n) is 19.1. The minimum atomic E-state index is 0.313. The normalized spacial score (nSPS) is 15.5. The Bertz CT molecular complexity index is 1240. The van der Waals surface area contributed by atoms with Crippen molar-refractivity contribution in [1.82, 2.24) is 24.3 Å². The zero-order chi connectivity index (χ0) is 22.1. The molecular weight excluding hydrogens is 396 g/mol. The summed E-state index contributed by atoms with van der Waals surface area (Å²) in [7, 11) is 0. The van der Waals surface area contributed by atoms with E-state index in [1.807, 2.05) is 23.0 Å². The van der Waals surface area contributed by atoms with Crippen LogP contribution in [0, 0.1) is 5.41 Å². The van der Waals surface area contributed by atoms with E-state index in [-0.39, 0.29) is 0 Å². The summed E-state index contributed by atoms with van der Waals surface area (Å²) in [5, 5.41) is 0. The number of imidazole rings is 1. The van der Waals surface area contributed by atoms with Gasteiger partial charge in [-0.25, -0.2) is 15.0 Å². The van der Waals surface area contributed by atoms with Gasteiger partial charge in [-0.15, -0.1) is 0 Å². The fourth-order valence-electron chi connectivity index (χ4n) is 4.45. The maximum atomic E-state index is 4.97. The molecule has 5 rings (SSSR count). The van der Waals surface area contributed by atoms with Crippen molar-refractivity contribution in [2.75, 3.05) is 18.0 Å². The van der Waals surface area contributed by atoms with Crippen molar-refractivity contribution in [2.45, 2.75) is 46.5 Å². The quantitative estimate of drug-likeness (QED) is 0.454. The Balaban J connectivity index is 1.48. The van der Waals surface area contributed by atoms with E-state index < -0.39 is 0 Å². The first kappa shape index (κ1) is 20.6. The van der Waals surface area contributed by atoms with Gasteiger partial charge in [0.25, 0.3) is 0 Å². The molecule has 1 fully saturated rings. The lowest BCUT2D eigenvalue weighted by Crippen LogP contribution is -2.24. The number of rotatable bonds is 6. The highest BCUT2D eigenvalue weighted by molar-refractivity contribution is 5.45. The Kier molecular flexibility index (Phi) is 5.37. The molecule has 4 aromatic rings. The van der Waals surface area contributed by atoms with Gasteiger partial charge >= 0.3 is 0 Å². The second-order valence-corrected chi connectivity index (χ2v) is 9.56. The average Bonchev–Trinajstić information content (AvgIpc) is 3.39. The molecule has 0 spiro atoms. The van der Waals surface area contributed by atoms with Crippen molar-refractivity contribution < 1.29 is 0 Å². The van der Waals surface area contributed by atoms with Gasteiger partial charge in [-0.3, -0.25) is 4.98 Å². The molecule has 0 atom stereocenters. The SMILES string of the molecule is CCc1ccnc(Cc2nc(Cc3ccn4ccnc4c3)cc(N3CCC(C)(C)C3)n2)c1. The molecule has 0 amide bonds. The fraction of sp³-hybridized carbons (Fsp3) is 0.385. The number of hydrogen-bond donors (Lipinski definition) is 0. The molecule has 0 bridgehead atoms. The fourth-order valence-corrected chi connectivity index (χ4v) is 4.45. The number of aromatic nitrogens is 5. The van der Waals surface area contributed by atoms with Gasteiger partial charge in [-0.1, -0.05) is 20.8 Å². The van der Waals surface area contributed by atoms with Crippen LogP contribution in [0.15, 0.2) is 55.1 Å². The molecule has 0 aliphatic carbocycles. The lowest BCUT2D eigenvalue weighted by Gasteiger charge is -2.21. The predicted molar refractivity (Wildman–Crippen MR) is 127 cm³/mol. The van der Waals surface area contributed by atoms with E-state index in [1.165, 1.54) is 17.5 Å². The van der Waals surface area contributed by atoms with Gasteiger partial charge in [-0.05, 0) is 53.6 Å². The highest BCUT2D eigenvalue weighted by Gasteiger charge is 2.30. The van der Waals surface area contributed by atoms with Gasteiger partial charge in [-0.2, -0.15) is 0 Å². The van der Waals surface area contributed by atoms with Crippen molar-refractivity contribution in [2.24, 2.45) is 5.41 Å². The van der Waals surface area contributed by atoms with E-state index in [2.05, 4.69) is 72.2 Å². The minimum absolute atomic E-state index is 0.313. The van der Waals surface area contributed by atoms with Crippen LogP contribution >= 0.6 is 0 Å². The maximum absolute atomic E-state index is 4.97. The van der Waals surface area contributed by atoms with E-state index in [0.717, 1.165) is 54.6 Å². The molecule has 32 heavy (non-hydrogen) atoms. The highest BCUT2D eigenvalue weighted by atomic mass is 15.2. The standard InChI is InChI=1S/C26H30N6/c1-4-19-5-8-27-21(13-19)16-23-29-22(14-20-6-10-31-12-9-28-24(31)15-20)17-25(30-23)32-11-7-26(2,3)18-32/h5-6,8-10,12-13,15,17H,4,7,11,14,16,18H2,1-3H3. The molecule has 0 radical (unpaired) electrons. The molecule has 4 aromatic heterocycles. The summed E-state index contributed by atoms with van der Waals surface area (Å²) >= 11 is 0. The molecule has 1 aliphatic rings. The Morgan fingerprint density at radius 3 is 2.62 bits per heavy atom. The molecule has 1 saturated heterocycles. The largest absolute Gasteiger partial charge is 0.356 e. The van der Waals surface area contributed by atoms with Crippen LogP contribution in [0.4, 0.5) is 5.82 Å². The summed E-state index contributed by atoms with van der Waals surface area (Å²) in [5.41, 5.74) is 5.82. The molecule has 0 N–H and O–H groups in total. The van der Waals surface area contributed by atoms with Crippen LogP contribution in [0.3, 0.4) is 0 Å². The van der Waals surface area contributed by atoms with Crippen LogP contribution in [-0.4, -0.2) is 37.4 Å². The molecule has 6 nitrogen and oxygen atoms in total. The first-order valence-electron chi connectivity index (χ1n) is 11.4. The third-order valence-electron chi connectivity index (χ3n) is 6.29. The zero-order valence-corrected chi connectivity index (χ0v) is 19.1. The first-order valence-corrected chi connectivity index (χ1v) is 11.4. The van der Waals surface area contributed by atoms with Crippen molar-refractivity contribution in [3.8, 4) is 0 Å². The summed E-state index contributed by atoms with van der Waals surface area (Å²) in [6, 6.07) is 10.7. The number of hydrogen-bond acceptors (Lipinski definition) is 5. The van der Waals surface area contributed by atoms with Crippen molar-refractivity contribution in [3.63, 3.8) is 0 Å².